The van der Waals surface area contributed by atoms with E-state index in [9.17, 15) is 0 Å². The molecule has 1 saturated heterocycles. The Balaban J connectivity index is 2.06. The van der Waals surface area contributed by atoms with Crippen LogP contribution in [-0.2, 0) is 9.47 Å². The molecule has 0 spiro atoms. The maximum absolute atomic E-state index is 5.88. The van der Waals surface area contributed by atoms with Gasteiger partial charge in [-0.15, -0.1) is 0 Å². The molecule has 20 heavy (non-hydrogen) atoms. The van der Waals surface area contributed by atoms with E-state index in [4.69, 9.17) is 15.2 Å². The second kappa shape index (κ2) is 11.5. The molecule has 2 N–H and O–H groups in total. The Kier molecular flexibility index (Phi) is 10.2. The summed E-state index contributed by atoms with van der Waals surface area (Å²) in [5, 5.41) is 0. The van der Waals surface area contributed by atoms with Gasteiger partial charge in [-0.2, -0.15) is 0 Å². The molecule has 5 heteroatoms. The van der Waals surface area contributed by atoms with E-state index < -0.39 is 0 Å². The number of methoxy groups -OCH3 is 1. The fourth-order valence-electron chi connectivity index (χ4n) is 2.77. The quantitative estimate of drug-likeness (QED) is 0.569. The molecule has 0 aromatic carbocycles. The summed E-state index contributed by atoms with van der Waals surface area (Å²) in [7, 11) is 1.70. The first-order chi connectivity index (χ1) is 9.81. The van der Waals surface area contributed by atoms with E-state index in [0.29, 0.717) is 19.3 Å². The fourth-order valence-corrected chi connectivity index (χ4v) is 2.77. The SMILES string of the molecule is CCCC(CN)N1CCN(CCCOCCOC)CC1. The van der Waals surface area contributed by atoms with Gasteiger partial charge in [0.05, 0.1) is 13.2 Å². The lowest BCUT2D eigenvalue weighted by molar-refractivity contribution is 0.0565. The maximum atomic E-state index is 5.88. The summed E-state index contributed by atoms with van der Waals surface area (Å²) < 4.78 is 10.4. The molecule has 120 valence electrons. The van der Waals surface area contributed by atoms with Crippen molar-refractivity contribution in [3.05, 3.63) is 0 Å². The van der Waals surface area contributed by atoms with Crippen LogP contribution in [0.15, 0.2) is 0 Å². The number of nitrogens with two attached hydrogens (primary N) is 1. The van der Waals surface area contributed by atoms with E-state index in [1.807, 2.05) is 0 Å². The number of hydrogen-bond donors (Lipinski definition) is 1. The Morgan fingerprint density at radius 1 is 1.10 bits per heavy atom. The molecule has 0 bridgehead atoms. The first kappa shape index (κ1) is 17.9. The van der Waals surface area contributed by atoms with Crippen LogP contribution in [0.2, 0.25) is 0 Å². The smallest absolute Gasteiger partial charge is 0.0700 e. The van der Waals surface area contributed by atoms with Gasteiger partial charge in [-0.1, -0.05) is 13.3 Å². The lowest BCUT2D eigenvalue weighted by Gasteiger charge is -2.39. The third-order valence-corrected chi connectivity index (χ3v) is 4.01. The molecule has 1 aliphatic heterocycles. The van der Waals surface area contributed by atoms with Crippen LogP contribution in [0.5, 0.6) is 0 Å². The molecule has 0 aromatic heterocycles. The van der Waals surface area contributed by atoms with Gasteiger partial charge in [0.15, 0.2) is 0 Å². The highest BCUT2D eigenvalue weighted by Gasteiger charge is 2.21. The highest BCUT2D eigenvalue weighted by molar-refractivity contribution is 4.78. The van der Waals surface area contributed by atoms with Crippen molar-refractivity contribution >= 4 is 0 Å². The minimum absolute atomic E-state index is 0.583. The Morgan fingerprint density at radius 2 is 1.85 bits per heavy atom. The molecular formula is C15H33N3O2. The summed E-state index contributed by atoms with van der Waals surface area (Å²) in [5.41, 5.74) is 5.88. The molecule has 5 nitrogen and oxygen atoms in total. The molecule has 1 fully saturated rings. The average Bonchev–Trinajstić information content (AvgIpc) is 2.49. The van der Waals surface area contributed by atoms with Gasteiger partial charge in [-0.05, 0) is 12.8 Å². The monoisotopic (exact) mass is 287 g/mol. The summed E-state index contributed by atoms with van der Waals surface area (Å²) in [6.45, 7) is 11.1. The van der Waals surface area contributed by atoms with Gasteiger partial charge in [-0.3, -0.25) is 4.90 Å². The number of ether oxygens (including phenoxy) is 2. The normalized spacial score (nSPS) is 19.4. The van der Waals surface area contributed by atoms with Crippen LogP contribution in [0.25, 0.3) is 0 Å². The molecule has 1 aliphatic rings. The van der Waals surface area contributed by atoms with Crippen LogP contribution >= 0.6 is 0 Å². The Labute approximate surface area is 124 Å². The molecule has 1 heterocycles. The van der Waals surface area contributed by atoms with Crippen molar-refractivity contribution in [2.75, 3.05) is 66.2 Å². The molecule has 1 atom stereocenters. The second-order valence-corrected chi connectivity index (χ2v) is 5.51. The number of piperazine rings is 1. The van der Waals surface area contributed by atoms with Crippen molar-refractivity contribution in [1.29, 1.82) is 0 Å². The Bertz CT molecular complexity index is 221. The van der Waals surface area contributed by atoms with E-state index in [0.717, 1.165) is 52.3 Å². The van der Waals surface area contributed by atoms with Crippen molar-refractivity contribution in [3.63, 3.8) is 0 Å². The van der Waals surface area contributed by atoms with E-state index in [2.05, 4.69) is 16.7 Å². The van der Waals surface area contributed by atoms with Gasteiger partial charge < -0.3 is 20.1 Å². The topological polar surface area (TPSA) is 51.0 Å². The third kappa shape index (κ3) is 6.99. The summed E-state index contributed by atoms with van der Waals surface area (Å²) in [6.07, 6.45) is 3.56. The van der Waals surface area contributed by atoms with Crippen molar-refractivity contribution in [3.8, 4) is 0 Å². The van der Waals surface area contributed by atoms with Crippen LogP contribution in [0.4, 0.5) is 0 Å². The first-order valence-corrected chi connectivity index (χ1v) is 8.05. The lowest BCUT2D eigenvalue weighted by atomic mass is 10.1. The molecule has 0 saturated carbocycles. The molecule has 0 aliphatic carbocycles. The zero-order valence-corrected chi connectivity index (χ0v) is 13.4. The summed E-state index contributed by atoms with van der Waals surface area (Å²) in [4.78, 5) is 5.10. The molecule has 1 unspecified atom stereocenters. The predicted octanol–water partition coefficient (Wildman–Crippen LogP) is 0.785. The van der Waals surface area contributed by atoms with Crippen molar-refractivity contribution in [1.82, 2.24) is 9.80 Å². The Morgan fingerprint density at radius 3 is 2.45 bits per heavy atom. The minimum atomic E-state index is 0.583. The van der Waals surface area contributed by atoms with E-state index in [1.165, 1.54) is 12.8 Å². The van der Waals surface area contributed by atoms with E-state index in [1.54, 1.807) is 7.11 Å². The first-order valence-electron chi connectivity index (χ1n) is 8.05. The molecular weight excluding hydrogens is 254 g/mol. The van der Waals surface area contributed by atoms with Crippen LogP contribution in [-0.4, -0.2) is 82.0 Å². The molecule has 0 radical (unpaired) electrons. The van der Waals surface area contributed by atoms with Crippen molar-refractivity contribution < 1.29 is 9.47 Å². The number of hydrogen-bond acceptors (Lipinski definition) is 5. The van der Waals surface area contributed by atoms with Gasteiger partial charge in [-0.25, -0.2) is 0 Å². The molecule has 0 amide bonds. The summed E-state index contributed by atoms with van der Waals surface area (Å²) in [6, 6.07) is 0.583. The highest BCUT2D eigenvalue weighted by Crippen LogP contribution is 2.10. The largest absolute Gasteiger partial charge is 0.382 e. The lowest BCUT2D eigenvalue weighted by Crippen LogP contribution is -2.52. The van der Waals surface area contributed by atoms with Gasteiger partial charge in [0.1, 0.15) is 0 Å². The van der Waals surface area contributed by atoms with Gasteiger partial charge in [0, 0.05) is 59.0 Å². The molecule has 0 aromatic rings. The standard InChI is InChI=1S/C15H33N3O2/c1-3-5-15(14-16)18-9-7-17(8-10-18)6-4-11-20-13-12-19-2/h15H,3-14,16H2,1-2H3. The van der Waals surface area contributed by atoms with Crippen LogP contribution in [0.1, 0.15) is 26.2 Å². The van der Waals surface area contributed by atoms with Crippen LogP contribution in [0.3, 0.4) is 0 Å². The third-order valence-electron chi connectivity index (χ3n) is 4.01. The van der Waals surface area contributed by atoms with Gasteiger partial charge >= 0.3 is 0 Å². The van der Waals surface area contributed by atoms with E-state index >= 15 is 0 Å². The molecule has 1 rings (SSSR count). The predicted molar refractivity (Wildman–Crippen MR) is 83.1 cm³/mol. The summed E-state index contributed by atoms with van der Waals surface area (Å²) >= 11 is 0. The maximum Gasteiger partial charge on any atom is 0.0700 e. The second-order valence-electron chi connectivity index (χ2n) is 5.51. The number of nitrogens with zero attached hydrogens (tertiary/aromatic N) is 2. The minimum Gasteiger partial charge on any atom is -0.382 e. The summed E-state index contributed by atoms with van der Waals surface area (Å²) in [5.74, 6) is 0. The van der Waals surface area contributed by atoms with Crippen molar-refractivity contribution in [2.24, 2.45) is 5.73 Å². The van der Waals surface area contributed by atoms with Gasteiger partial charge in [0.2, 0.25) is 0 Å². The van der Waals surface area contributed by atoms with Crippen LogP contribution in [0, 0.1) is 0 Å². The Hall–Kier alpha value is -0.200. The van der Waals surface area contributed by atoms with E-state index in [-0.39, 0.29) is 0 Å². The van der Waals surface area contributed by atoms with Crippen molar-refractivity contribution in [2.45, 2.75) is 32.2 Å². The van der Waals surface area contributed by atoms with Gasteiger partial charge in [0.25, 0.3) is 0 Å². The number of rotatable bonds is 11. The zero-order valence-electron chi connectivity index (χ0n) is 13.4. The fraction of sp³-hybridized carbons (Fsp3) is 1.00. The average molecular weight is 287 g/mol. The zero-order chi connectivity index (χ0) is 14.6. The van der Waals surface area contributed by atoms with Crippen LogP contribution < -0.4 is 5.73 Å². The highest BCUT2D eigenvalue weighted by atomic mass is 16.5.